The highest BCUT2D eigenvalue weighted by Crippen LogP contribution is 2.30. The molecule has 0 bridgehead atoms. The van der Waals surface area contributed by atoms with E-state index < -0.39 is 0 Å². The fourth-order valence-electron chi connectivity index (χ4n) is 4.01. The molecule has 9 nitrogen and oxygen atoms in total. The summed E-state index contributed by atoms with van der Waals surface area (Å²) >= 11 is 0. The van der Waals surface area contributed by atoms with Crippen molar-refractivity contribution in [2.45, 2.75) is 26.9 Å². The number of hydrogen-bond acceptors (Lipinski definition) is 7. The van der Waals surface area contributed by atoms with Crippen LogP contribution in [-0.4, -0.2) is 81.3 Å². The van der Waals surface area contributed by atoms with Crippen molar-refractivity contribution in [2.75, 3.05) is 65.0 Å². The van der Waals surface area contributed by atoms with Crippen LogP contribution in [0.3, 0.4) is 0 Å². The second-order valence-corrected chi connectivity index (χ2v) is 8.68. The molecule has 0 aliphatic carbocycles. The summed E-state index contributed by atoms with van der Waals surface area (Å²) in [4.78, 5) is 29.1. The van der Waals surface area contributed by atoms with E-state index in [4.69, 9.17) is 14.2 Å². The van der Waals surface area contributed by atoms with E-state index >= 15 is 0 Å². The van der Waals surface area contributed by atoms with Gasteiger partial charge in [-0.1, -0.05) is 24.3 Å². The second kappa shape index (κ2) is 14.4. The third kappa shape index (κ3) is 8.82. The minimum absolute atomic E-state index is 0.0816. The number of carbonyl (C=O) groups excluding carboxylic acids is 2. The highest BCUT2D eigenvalue weighted by molar-refractivity contribution is 5.93. The Morgan fingerprint density at radius 2 is 1.61 bits per heavy atom. The lowest BCUT2D eigenvalue weighted by Gasteiger charge is -2.27. The van der Waals surface area contributed by atoms with E-state index in [1.165, 1.54) is 5.56 Å². The summed E-state index contributed by atoms with van der Waals surface area (Å²) in [5.74, 6) is 0.871. The van der Waals surface area contributed by atoms with Gasteiger partial charge in [0.15, 0.2) is 11.5 Å². The van der Waals surface area contributed by atoms with Gasteiger partial charge < -0.3 is 24.8 Å². The Labute approximate surface area is 213 Å². The number of ether oxygens (including phenoxy) is 3. The lowest BCUT2D eigenvalue weighted by molar-refractivity contribution is -0.123. The smallest absolute Gasteiger partial charge is 0.238 e. The van der Waals surface area contributed by atoms with E-state index in [2.05, 4.69) is 21.6 Å². The number of likely N-dealkylation sites (N-methyl/N-ethyl adjacent to an activating group) is 1. The average molecular weight is 499 g/mol. The zero-order valence-electron chi connectivity index (χ0n) is 21.5. The highest BCUT2D eigenvalue weighted by Gasteiger charge is 2.15. The molecule has 9 heteroatoms. The SMILES string of the molecule is CCOc1ccc(NC(=O)CN(C)CC(=O)NCc2ccccc2CN2CCOCC2)cc1OCC. The summed E-state index contributed by atoms with van der Waals surface area (Å²) in [6.45, 7) is 9.64. The summed E-state index contributed by atoms with van der Waals surface area (Å²) in [5, 5.41) is 5.84. The van der Waals surface area contributed by atoms with E-state index in [0.29, 0.717) is 36.9 Å². The van der Waals surface area contributed by atoms with Crippen LogP contribution in [0.15, 0.2) is 42.5 Å². The molecule has 0 radical (unpaired) electrons. The first kappa shape index (κ1) is 27.4. The van der Waals surface area contributed by atoms with Crippen molar-refractivity contribution in [3.05, 3.63) is 53.6 Å². The average Bonchev–Trinajstić information content (AvgIpc) is 2.86. The second-order valence-electron chi connectivity index (χ2n) is 8.68. The third-order valence-electron chi connectivity index (χ3n) is 5.75. The Balaban J connectivity index is 1.45. The first-order chi connectivity index (χ1) is 17.5. The molecule has 1 fully saturated rings. The highest BCUT2D eigenvalue weighted by atomic mass is 16.5. The maximum atomic E-state index is 12.5. The van der Waals surface area contributed by atoms with Crippen LogP contribution in [0.1, 0.15) is 25.0 Å². The minimum Gasteiger partial charge on any atom is -0.490 e. The molecule has 2 aromatic rings. The quantitative estimate of drug-likeness (QED) is 0.438. The van der Waals surface area contributed by atoms with Crippen LogP contribution in [0, 0.1) is 0 Å². The fourth-order valence-corrected chi connectivity index (χ4v) is 4.01. The Kier molecular flexibility index (Phi) is 11.0. The molecule has 2 N–H and O–H groups in total. The van der Waals surface area contributed by atoms with Crippen LogP contribution in [0.4, 0.5) is 5.69 Å². The van der Waals surface area contributed by atoms with Gasteiger partial charge in [0, 0.05) is 37.9 Å². The van der Waals surface area contributed by atoms with Crippen LogP contribution < -0.4 is 20.1 Å². The molecule has 2 amide bonds. The monoisotopic (exact) mass is 498 g/mol. The first-order valence-electron chi connectivity index (χ1n) is 12.5. The molecule has 0 saturated carbocycles. The van der Waals surface area contributed by atoms with Crippen LogP contribution in [0.2, 0.25) is 0 Å². The molecular formula is C27H38N4O5. The topological polar surface area (TPSA) is 92.4 Å². The number of rotatable bonds is 13. The summed E-state index contributed by atoms with van der Waals surface area (Å²) in [7, 11) is 1.75. The lowest BCUT2D eigenvalue weighted by Crippen LogP contribution is -2.39. The normalized spacial score (nSPS) is 13.9. The van der Waals surface area contributed by atoms with Gasteiger partial charge in [0.25, 0.3) is 0 Å². The van der Waals surface area contributed by atoms with Crippen molar-refractivity contribution >= 4 is 17.5 Å². The molecule has 3 rings (SSSR count). The standard InChI is InChI=1S/C27H38N4O5/c1-4-35-24-11-10-23(16-25(24)36-5-2)29-27(33)20-30(3)19-26(32)28-17-21-8-6-7-9-22(21)18-31-12-14-34-15-13-31/h6-11,16H,4-5,12-15,17-20H2,1-3H3,(H,28,32)(H,29,33). The van der Waals surface area contributed by atoms with E-state index in [0.717, 1.165) is 38.4 Å². The Morgan fingerprint density at radius 1 is 0.944 bits per heavy atom. The van der Waals surface area contributed by atoms with Crippen molar-refractivity contribution in [2.24, 2.45) is 0 Å². The van der Waals surface area contributed by atoms with Crippen LogP contribution in [0.5, 0.6) is 11.5 Å². The molecule has 0 atom stereocenters. The molecule has 1 saturated heterocycles. The van der Waals surface area contributed by atoms with E-state index in [9.17, 15) is 9.59 Å². The molecule has 0 spiro atoms. The summed E-state index contributed by atoms with van der Waals surface area (Å²) in [5.41, 5.74) is 2.91. The maximum Gasteiger partial charge on any atom is 0.238 e. The first-order valence-corrected chi connectivity index (χ1v) is 12.5. The Morgan fingerprint density at radius 3 is 2.33 bits per heavy atom. The van der Waals surface area contributed by atoms with Gasteiger partial charge in [-0.3, -0.25) is 19.4 Å². The van der Waals surface area contributed by atoms with Crippen molar-refractivity contribution in [1.82, 2.24) is 15.1 Å². The lowest BCUT2D eigenvalue weighted by atomic mass is 10.1. The molecule has 1 heterocycles. The number of anilines is 1. The van der Waals surface area contributed by atoms with Crippen LogP contribution >= 0.6 is 0 Å². The number of nitrogens with one attached hydrogen (secondary N) is 2. The summed E-state index contributed by atoms with van der Waals surface area (Å²) < 4.78 is 16.6. The molecule has 1 aliphatic heterocycles. The predicted octanol–water partition coefficient (Wildman–Crippen LogP) is 2.50. The van der Waals surface area contributed by atoms with Gasteiger partial charge in [-0.2, -0.15) is 0 Å². The summed E-state index contributed by atoms with van der Waals surface area (Å²) in [6.07, 6.45) is 0. The molecule has 1 aliphatic rings. The van der Waals surface area contributed by atoms with Crippen molar-refractivity contribution in [3.8, 4) is 11.5 Å². The molecule has 2 aromatic carbocycles. The predicted molar refractivity (Wildman–Crippen MR) is 139 cm³/mol. The van der Waals surface area contributed by atoms with Gasteiger partial charge >= 0.3 is 0 Å². The number of carbonyl (C=O) groups is 2. The van der Waals surface area contributed by atoms with Crippen LogP contribution in [-0.2, 0) is 27.4 Å². The van der Waals surface area contributed by atoms with Crippen molar-refractivity contribution in [3.63, 3.8) is 0 Å². The number of hydrogen-bond donors (Lipinski definition) is 2. The molecule has 0 unspecified atom stereocenters. The molecule has 196 valence electrons. The zero-order chi connectivity index (χ0) is 25.8. The third-order valence-corrected chi connectivity index (χ3v) is 5.75. The Hall–Kier alpha value is -3.14. The van der Waals surface area contributed by atoms with Gasteiger partial charge in [0.05, 0.1) is 39.5 Å². The largest absolute Gasteiger partial charge is 0.490 e. The number of benzene rings is 2. The van der Waals surface area contributed by atoms with Crippen LogP contribution in [0.25, 0.3) is 0 Å². The van der Waals surface area contributed by atoms with Gasteiger partial charge in [-0.25, -0.2) is 0 Å². The van der Waals surface area contributed by atoms with Gasteiger partial charge in [-0.05, 0) is 44.2 Å². The molecule has 36 heavy (non-hydrogen) atoms. The minimum atomic E-state index is -0.215. The maximum absolute atomic E-state index is 12.5. The van der Waals surface area contributed by atoms with E-state index in [-0.39, 0.29) is 24.9 Å². The molecular weight excluding hydrogens is 460 g/mol. The van der Waals surface area contributed by atoms with E-state index in [1.54, 1.807) is 30.1 Å². The number of amides is 2. The summed E-state index contributed by atoms with van der Waals surface area (Å²) in [6, 6.07) is 13.4. The zero-order valence-corrected chi connectivity index (χ0v) is 21.5. The molecule has 0 aromatic heterocycles. The Bertz CT molecular complexity index is 994. The number of nitrogens with zero attached hydrogens (tertiary/aromatic N) is 2. The van der Waals surface area contributed by atoms with Gasteiger partial charge in [0.2, 0.25) is 11.8 Å². The van der Waals surface area contributed by atoms with Gasteiger partial charge in [0.1, 0.15) is 0 Å². The number of morpholine rings is 1. The van der Waals surface area contributed by atoms with Crippen molar-refractivity contribution in [1.29, 1.82) is 0 Å². The fraction of sp³-hybridized carbons (Fsp3) is 0.481. The van der Waals surface area contributed by atoms with E-state index in [1.807, 2.05) is 32.0 Å². The van der Waals surface area contributed by atoms with Gasteiger partial charge in [-0.15, -0.1) is 0 Å². The van der Waals surface area contributed by atoms with Crippen molar-refractivity contribution < 1.29 is 23.8 Å².